The van der Waals surface area contributed by atoms with Crippen LogP contribution in [0.3, 0.4) is 0 Å². The third-order valence-corrected chi connectivity index (χ3v) is 3.49. The first-order valence-corrected chi connectivity index (χ1v) is 6.97. The summed E-state index contributed by atoms with van der Waals surface area (Å²) in [5, 5.41) is 1.16. The summed E-state index contributed by atoms with van der Waals surface area (Å²) in [7, 11) is 0. The highest BCUT2D eigenvalue weighted by molar-refractivity contribution is 6.31. The van der Waals surface area contributed by atoms with Crippen molar-refractivity contribution in [1.29, 1.82) is 0 Å². The first-order valence-electron chi connectivity index (χ1n) is 6.22. The third-order valence-electron chi connectivity index (χ3n) is 3.00. The monoisotopic (exact) mass is 320 g/mol. The second-order valence-electron chi connectivity index (χ2n) is 4.49. The fraction of sp³-hybridized carbons (Fsp3) is 0.0625. The van der Waals surface area contributed by atoms with Crippen LogP contribution in [-0.4, -0.2) is 0 Å². The number of halogens is 2. The van der Waals surface area contributed by atoms with Crippen LogP contribution in [-0.2, 0) is 6.61 Å². The predicted octanol–water partition coefficient (Wildman–Crippen LogP) is 4.68. The van der Waals surface area contributed by atoms with E-state index < -0.39 is 0 Å². The van der Waals surface area contributed by atoms with Gasteiger partial charge in [-0.2, -0.15) is 0 Å². The molecule has 106 valence electrons. The van der Waals surface area contributed by atoms with Crippen molar-refractivity contribution in [2.24, 2.45) is 0 Å². The minimum Gasteiger partial charge on any atom is -0.489 e. The average Bonchev–Trinajstić information content (AvgIpc) is 2.49. The van der Waals surface area contributed by atoms with Crippen LogP contribution in [0.2, 0.25) is 10.0 Å². The van der Waals surface area contributed by atoms with Gasteiger partial charge in [0.2, 0.25) is 5.43 Å². The van der Waals surface area contributed by atoms with Gasteiger partial charge in [-0.1, -0.05) is 35.3 Å². The van der Waals surface area contributed by atoms with Crippen molar-refractivity contribution in [3.8, 4) is 5.75 Å². The molecule has 1 heterocycles. The highest BCUT2D eigenvalue weighted by Crippen LogP contribution is 2.21. The van der Waals surface area contributed by atoms with Crippen molar-refractivity contribution in [3.63, 3.8) is 0 Å². The van der Waals surface area contributed by atoms with Gasteiger partial charge in [0.1, 0.15) is 29.2 Å². The minimum atomic E-state index is -0.251. The third kappa shape index (κ3) is 3.04. The molecule has 1 aromatic heterocycles. The Bertz CT molecular complexity index is 856. The van der Waals surface area contributed by atoms with Gasteiger partial charge in [-0.3, -0.25) is 4.79 Å². The van der Waals surface area contributed by atoms with E-state index in [1.165, 1.54) is 6.26 Å². The van der Waals surface area contributed by atoms with Gasteiger partial charge in [0.15, 0.2) is 0 Å². The van der Waals surface area contributed by atoms with E-state index in [0.717, 1.165) is 5.56 Å². The largest absolute Gasteiger partial charge is 0.489 e. The van der Waals surface area contributed by atoms with E-state index in [4.69, 9.17) is 32.4 Å². The first-order chi connectivity index (χ1) is 10.1. The molecule has 0 atom stereocenters. The Balaban J connectivity index is 1.85. The number of hydrogen-bond donors (Lipinski definition) is 0. The van der Waals surface area contributed by atoms with Gasteiger partial charge in [-0.05, 0) is 29.8 Å². The van der Waals surface area contributed by atoms with Gasteiger partial charge in [0.05, 0.1) is 5.39 Å². The van der Waals surface area contributed by atoms with Crippen molar-refractivity contribution in [3.05, 3.63) is 74.6 Å². The number of fused-ring (bicyclic) bond motifs is 1. The van der Waals surface area contributed by atoms with Crippen LogP contribution >= 0.6 is 23.2 Å². The highest BCUT2D eigenvalue weighted by Gasteiger charge is 2.06. The van der Waals surface area contributed by atoms with Gasteiger partial charge >= 0.3 is 0 Å². The van der Waals surface area contributed by atoms with Gasteiger partial charge in [0, 0.05) is 11.1 Å². The fourth-order valence-corrected chi connectivity index (χ4v) is 2.33. The van der Waals surface area contributed by atoms with Crippen molar-refractivity contribution in [2.45, 2.75) is 6.61 Å². The van der Waals surface area contributed by atoms with Gasteiger partial charge < -0.3 is 9.15 Å². The van der Waals surface area contributed by atoms with Crippen LogP contribution in [0.25, 0.3) is 11.0 Å². The molecule has 3 rings (SSSR count). The van der Waals surface area contributed by atoms with Crippen molar-refractivity contribution < 1.29 is 9.15 Å². The molecule has 3 nitrogen and oxygen atoms in total. The molecule has 2 aromatic carbocycles. The van der Waals surface area contributed by atoms with E-state index in [-0.39, 0.29) is 10.5 Å². The summed E-state index contributed by atoms with van der Waals surface area (Å²) in [6.07, 6.45) is 1.23. The molecule has 0 aliphatic rings. The van der Waals surface area contributed by atoms with Crippen LogP contribution in [0.5, 0.6) is 5.75 Å². The molecule has 5 heteroatoms. The quantitative estimate of drug-likeness (QED) is 0.703. The van der Waals surface area contributed by atoms with Crippen molar-refractivity contribution in [2.75, 3.05) is 0 Å². The SMILES string of the molecule is O=c1c(Cl)coc2cc(OCc3cccc(Cl)c3)ccc12. The van der Waals surface area contributed by atoms with E-state index in [9.17, 15) is 4.79 Å². The number of benzene rings is 2. The Morgan fingerprint density at radius 1 is 1.10 bits per heavy atom. The van der Waals surface area contributed by atoms with Gasteiger partial charge in [0.25, 0.3) is 0 Å². The maximum Gasteiger partial charge on any atom is 0.211 e. The number of hydrogen-bond acceptors (Lipinski definition) is 3. The maximum atomic E-state index is 11.8. The molecular weight excluding hydrogens is 311 g/mol. The number of rotatable bonds is 3. The Morgan fingerprint density at radius 3 is 2.76 bits per heavy atom. The topological polar surface area (TPSA) is 39.4 Å². The molecule has 0 bridgehead atoms. The lowest BCUT2D eigenvalue weighted by Gasteiger charge is -2.07. The summed E-state index contributed by atoms with van der Waals surface area (Å²) in [5.41, 5.74) is 1.15. The Kier molecular flexibility index (Phi) is 3.86. The summed E-state index contributed by atoms with van der Waals surface area (Å²) < 4.78 is 11.0. The van der Waals surface area contributed by atoms with E-state index >= 15 is 0 Å². The van der Waals surface area contributed by atoms with Crippen LogP contribution in [0, 0.1) is 0 Å². The molecule has 0 saturated carbocycles. The molecular formula is C16H10Cl2O3. The first kappa shape index (κ1) is 14.0. The zero-order chi connectivity index (χ0) is 14.8. The molecule has 0 radical (unpaired) electrons. The molecule has 0 spiro atoms. The Hall–Kier alpha value is -1.97. The molecule has 0 amide bonds. The minimum absolute atomic E-state index is 0.0649. The van der Waals surface area contributed by atoms with Crippen molar-refractivity contribution >= 4 is 34.2 Å². The van der Waals surface area contributed by atoms with E-state index in [2.05, 4.69) is 0 Å². The second-order valence-corrected chi connectivity index (χ2v) is 5.33. The normalized spacial score (nSPS) is 10.8. The average molecular weight is 321 g/mol. The molecule has 0 fully saturated rings. The zero-order valence-electron chi connectivity index (χ0n) is 10.8. The van der Waals surface area contributed by atoms with Crippen LogP contribution < -0.4 is 10.2 Å². The molecule has 0 aliphatic carbocycles. The van der Waals surface area contributed by atoms with Gasteiger partial charge in [-0.15, -0.1) is 0 Å². The summed E-state index contributed by atoms with van der Waals surface area (Å²) in [6, 6.07) is 12.4. The van der Waals surface area contributed by atoms with Crippen molar-refractivity contribution in [1.82, 2.24) is 0 Å². The standard InChI is InChI=1S/C16H10Cl2O3/c17-11-3-1-2-10(6-11)8-20-12-4-5-13-15(7-12)21-9-14(18)16(13)19/h1-7,9H,8H2. The van der Waals surface area contributed by atoms with E-state index in [0.29, 0.717) is 28.3 Å². The molecule has 0 aliphatic heterocycles. The highest BCUT2D eigenvalue weighted by atomic mass is 35.5. The molecule has 21 heavy (non-hydrogen) atoms. The summed E-state index contributed by atoms with van der Waals surface area (Å²) in [5.74, 6) is 0.605. The zero-order valence-corrected chi connectivity index (χ0v) is 12.3. The smallest absolute Gasteiger partial charge is 0.211 e. The van der Waals surface area contributed by atoms with Crippen LogP contribution in [0.15, 0.2) is 57.9 Å². The van der Waals surface area contributed by atoms with Crippen LogP contribution in [0.4, 0.5) is 0 Å². The molecule has 0 N–H and O–H groups in total. The molecule has 3 aromatic rings. The maximum absolute atomic E-state index is 11.8. The Morgan fingerprint density at radius 2 is 1.95 bits per heavy atom. The number of ether oxygens (including phenoxy) is 1. The summed E-state index contributed by atoms with van der Waals surface area (Å²) in [4.78, 5) is 11.8. The summed E-state index contributed by atoms with van der Waals surface area (Å²) in [6.45, 7) is 0.379. The lowest BCUT2D eigenvalue weighted by Crippen LogP contribution is -2.01. The van der Waals surface area contributed by atoms with E-state index in [1.54, 1.807) is 24.3 Å². The molecule has 0 saturated heterocycles. The lowest BCUT2D eigenvalue weighted by atomic mass is 10.2. The predicted molar refractivity (Wildman–Crippen MR) is 83.3 cm³/mol. The molecule has 0 unspecified atom stereocenters. The Labute approximate surface area is 130 Å². The second kappa shape index (κ2) is 5.80. The van der Waals surface area contributed by atoms with Gasteiger partial charge in [-0.25, -0.2) is 0 Å². The van der Waals surface area contributed by atoms with E-state index in [1.807, 2.05) is 18.2 Å². The summed E-state index contributed by atoms with van der Waals surface area (Å²) >= 11 is 11.7. The van der Waals surface area contributed by atoms with Crippen LogP contribution in [0.1, 0.15) is 5.56 Å². The lowest BCUT2D eigenvalue weighted by molar-refractivity contribution is 0.306. The fourth-order valence-electron chi connectivity index (χ4n) is 1.97.